The Labute approximate surface area is 169 Å². The second-order valence-electron chi connectivity index (χ2n) is 5.72. The first-order valence-electron chi connectivity index (χ1n) is 8.89. The Morgan fingerprint density at radius 3 is 2.43 bits per heavy atom. The van der Waals surface area contributed by atoms with Gasteiger partial charge in [-0.2, -0.15) is 0 Å². The molecule has 0 unspecified atom stereocenters. The van der Waals surface area contributed by atoms with Crippen LogP contribution < -0.4 is 20.7 Å². The number of thiocarbonyl (C=S) groups is 1. The summed E-state index contributed by atoms with van der Waals surface area (Å²) in [6.07, 6.45) is 0.467. The molecule has 0 saturated heterocycles. The molecule has 8 heteroatoms. The molecule has 0 atom stereocenters. The molecular formula is C20H23N3O4S. The van der Waals surface area contributed by atoms with Gasteiger partial charge in [-0.25, -0.2) is 0 Å². The molecule has 7 nitrogen and oxygen atoms in total. The number of para-hydroxylation sites is 2. The number of hydrogen-bond acceptors (Lipinski definition) is 5. The maximum Gasteiger partial charge on any atom is 0.261 e. The number of nitrogens with one attached hydrogen (secondary N) is 3. The van der Waals surface area contributed by atoms with Crippen LogP contribution in [0.15, 0.2) is 48.5 Å². The first-order valence-corrected chi connectivity index (χ1v) is 9.30. The third-order valence-electron chi connectivity index (χ3n) is 3.70. The molecule has 0 aliphatic rings. The van der Waals surface area contributed by atoms with Crippen molar-refractivity contribution in [1.29, 1.82) is 0 Å². The van der Waals surface area contributed by atoms with Crippen LogP contribution in [0.4, 0.5) is 5.69 Å². The monoisotopic (exact) mass is 401 g/mol. The lowest BCUT2D eigenvalue weighted by Gasteiger charge is -2.14. The SMILES string of the molecule is CCOc1ccccc1C(=O)NC(=S)Nc1ccccc1C(=O)NCCCO. The lowest BCUT2D eigenvalue weighted by atomic mass is 10.1. The maximum absolute atomic E-state index is 12.5. The molecule has 2 rings (SSSR count). The van der Waals surface area contributed by atoms with Crippen LogP contribution >= 0.6 is 12.2 Å². The highest BCUT2D eigenvalue weighted by atomic mass is 32.1. The summed E-state index contributed by atoms with van der Waals surface area (Å²) in [5, 5.41) is 17.1. The van der Waals surface area contributed by atoms with Crippen LogP contribution in [0, 0.1) is 0 Å². The van der Waals surface area contributed by atoms with Gasteiger partial charge in [-0.3, -0.25) is 14.9 Å². The topological polar surface area (TPSA) is 99.7 Å². The first-order chi connectivity index (χ1) is 13.6. The van der Waals surface area contributed by atoms with Gasteiger partial charge in [0.15, 0.2) is 5.11 Å². The fraction of sp³-hybridized carbons (Fsp3) is 0.250. The number of aliphatic hydroxyl groups excluding tert-OH is 1. The minimum absolute atomic E-state index is 0.000482. The van der Waals surface area contributed by atoms with E-state index in [1.165, 1.54) is 0 Å². The van der Waals surface area contributed by atoms with Gasteiger partial charge in [0, 0.05) is 13.2 Å². The number of aliphatic hydroxyl groups is 1. The summed E-state index contributed by atoms with van der Waals surface area (Å²) >= 11 is 5.22. The zero-order valence-corrected chi connectivity index (χ0v) is 16.3. The summed E-state index contributed by atoms with van der Waals surface area (Å²) in [6, 6.07) is 13.7. The number of amides is 2. The molecule has 0 heterocycles. The quantitative estimate of drug-likeness (QED) is 0.400. The van der Waals surface area contributed by atoms with Crippen LogP contribution in [-0.2, 0) is 0 Å². The van der Waals surface area contributed by atoms with Gasteiger partial charge in [-0.15, -0.1) is 0 Å². The van der Waals surface area contributed by atoms with Gasteiger partial charge in [0.25, 0.3) is 11.8 Å². The molecule has 0 saturated carbocycles. The normalized spacial score (nSPS) is 10.1. The highest BCUT2D eigenvalue weighted by molar-refractivity contribution is 7.80. The Bertz CT molecular complexity index is 842. The van der Waals surface area contributed by atoms with Crippen LogP contribution in [0.25, 0.3) is 0 Å². The molecule has 4 N–H and O–H groups in total. The van der Waals surface area contributed by atoms with Gasteiger partial charge in [0.2, 0.25) is 0 Å². The molecule has 0 fully saturated rings. The van der Waals surface area contributed by atoms with Crippen molar-refractivity contribution in [2.45, 2.75) is 13.3 Å². The summed E-state index contributed by atoms with van der Waals surface area (Å²) in [5.41, 5.74) is 1.21. The van der Waals surface area contributed by atoms with E-state index in [4.69, 9.17) is 22.1 Å². The molecule has 0 spiro atoms. The zero-order valence-electron chi connectivity index (χ0n) is 15.5. The Morgan fingerprint density at radius 1 is 1.04 bits per heavy atom. The van der Waals surface area contributed by atoms with Crippen molar-refractivity contribution in [3.63, 3.8) is 0 Å². The van der Waals surface area contributed by atoms with Crippen molar-refractivity contribution in [3.8, 4) is 5.75 Å². The second kappa shape index (κ2) is 11.0. The van der Waals surface area contributed by atoms with Crippen molar-refractivity contribution in [2.75, 3.05) is 25.1 Å². The Balaban J connectivity index is 2.05. The third kappa shape index (κ3) is 6.04. The van der Waals surface area contributed by atoms with E-state index >= 15 is 0 Å². The average molecular weight is 401 g/mol. The molecule has 28 heavy (non-hydrogen) atoms. The largest absolute Gasteiger partial charge is 0.493 e. The molecule has 0 aliphatic heterocycles. The third-order valence-corrected chi connectivity index (χ3v) is 3.90. The van der Waals surface area contributed by atoms with Crippen LogP contribution in [0.5, 0.6) is 5.75 Å². The summed E-state index contributed by atoms with van der Waals surface area (Å²) in [4.78, 5) is 24.8. The van der Waals surface area contributed by atoms with Crippen LogP contribution in [0.2, 0.25) is 0 Å². The summed E-state index contributed by atoms with van der Waals surface area (Å²) in [6.45, 7) is 2.63. The van der Waals surface area contributed by atoms with Crippen molar-refractivity contribution in [1.82, 2.24) is 10.6 Å². The number of hydrogen-bond donors (Lipinski definition) is 4. The van der Waals surface area contributed by atoms with Gasteiger partial charge in [0.1, 0.15) is 5.75 Å². The highest BCUT2D eigenvalue weighted by Gasteiger charge is 2.15. The molecule has 148 valence electrons. The lowest BCUT2D eigenvalue weighted by Crippen LogP contribution is -2.35. The lowest BCUT2D eigenvalue weighted by molar-refractivity contribution is 0.0949. The molecule has 0 bridgehead atoms. The molecule has 0 aromatic heterocycles. The van der Waals surface area contributed by atoms with E-state index in [-0.39, 0.29) is 17.6 Å². The van der Waals surface area contributed by atoms with Gasteiger partial charge >= 0.3 is 0 Å². The van der Waals surface area contributed by atoms with Gasteiger partial charge in [-0.1, -0.05) is 24.3 Å². The second-order valence-corrected chi connectivity index (χ2v) is 6.12. The molecule has 2 aromatic rings. The Morgan fingerprint density at radius 2 is 1.71 bits per heavy atom. The number of ether oxygens (including phenoxy) is 1. The Kier molecular flexibility index (Phi) is 8.38. The fourth-order valence-corrected chi connectivity index (χ4v) is 2.63. The van der Waals surface area contributed by atoms with E-state index in [0.29, 0.717) is 42.1 Å². The molecule has 2 amide bonds. The minimum Gasteiger partial charge on any atom is -0.493 e. The van der Waals surface area contributed by atoms with Crippen molar-refractivity contribution in [3.05, 3.63) is 59.7 Å². The average Bonchev–Trinajstić information content (AvgIpc) is 2.69. The maximum atomic E-state index is 12.5. The molecule has 0 aliphatic carbocycles. The summed E-state index contributed by atoms with van der Waals surface area (Å²) < 4.78 is 5.46. The number of carbonyl (C=O) groups excluding carboxylic acids is 2. The van der Waals surface area contributed by atoms with Crippen molar-refractivity contribution in [2.24, 2.45) is 0 Å². The van der Waals surface area contributed by atoms with E-state index in [1.54, 1.807) is 48.5 Å². The smallest absolute Gasteiger partial charge is 0.261 e. The predicted octanol–water partition coefficient (Wildman–Crippen LogP) is 2.32. The van der Waals surface area contributed by atoms with E-state index in [2.05, 4.69) is 16.0 Å². The van der Waals surface area contributed by atoms with Crippen molar-refractivity contribution < 1.29 is 19.4 Å². The van der Waals surface area contributed by atoms with Gasteiger partial charge in [0.05, 0.1) is 23.4 Å². The van der Waals surface area contributed by atoms with Crippen LogP contribution in [0.1, 0.15) is 34.1 Å². The number of rotatable bonds is 8. The Hall–Kier alpha value is -2.97. The molecular weight excluding hydrogens is 378 g/mol. The van der Waals surface area contributed by atoms with Gasteiger partial charge in [-0.05, 0) is 49.8 Å². The van der Waals surface area contributed by atoms with E-state index < -0.39 is 5.91 Å². The summed E-state index contributed by atoms with van der Waals surface area (Å²) in [5.74, 6) is -0.243. The van der Waals surface area contributed by atoms with Crippen molar-refractivity contribution >= 4 is 34.8 Å². The number of anilines is 1. The predicted molar refractivity (Wildman–Crippen MR) is 112 cm³/mol. The first kappa shape index (κ1) is 21.3. The zero-order chi connectivity index (χ0) is 20.4. The fourth-order valence-electron chi connectivity index (χ4n) is 2.43. The number of carbonyl (C=O) groups is 2. The van der Waals surface area contributed by atoms with E-state index in [0.717, 1.165) is 0 Å². The van der Waals surface area contributed by atoms with Gasteiger partial charge < -0.3 is 20.5 Å². The minimum atomic E-state index is -0.411. The van der Waals surface area contributed by atoms with E-state index in [9.17, 15) is 9.59 Å². The van der Waals surface area contributed by atoms with E-state index in [1.807, 2.05) is 6.92 Å². The standard InChI is InChI=1S/C20H23N3O4S/c1-2-27-17-11-6-4-9-15(17)19(26)23-20(28)22-16-10-5-3-8-14(16)18(25)21-12-7-13-24/h3-6,8-11,24H,2,7,12-13H2,1H3,(H,21,25)(H2,22,23,26,28). The molecule has 2 aromatic carbocycles. The number of benzene rings is 2. The van der Waals surface area contributed by atoms with Crippen LogP contribution in [0.3, 0.4) is 0 Å². The highest BCUT2D eigenvalue weighted by Crippen LogP contribution is 2.18. The molecule has 0 radical (unpaired) electrons. The summed E-state index contributed by atoms with van der Waals surface area (Å²) in [7, 11) is 0. The van der Waals surface area contributed by atoms with Crippen LogP contribution in [-0.4, -0.2) is 41.8 Å².